The number of rotatable bonds is 8. The van der Waals surface area contributed by atoms with E-state index in [4.69, 9.17) is 5.10 Å². The molecule has 0 aliphatic rings. The van der Waals surface area contributed by atoms with Crippen LogP contribution in [0.5, 0.6) is 0 Å². The molecule has 0 saturated heterocycles. The van der Waals surface area contributed by atoms with E-state index in [2.05, 4.69) is 17.6 Å². The predicted octanol–water partition coefficient (Wildman–Crippen LogP) is 5.98. The van der Waals surface area contributed by atoms with Crippen LogP contribution in [0.3, 0.4) is 0 Å². The van der Waals surface area contributed by atoms with E-state index in [1.165, 1.54) is 10.5 Å². The van der Waals surface area contributed by atoms with Gasteiger partial charge in [0.15, 0.2) is 0 Å². The van der Waals surface area contributed by atoms with E-state index >= 15 is 0 Å². The van der Waals surface area contributed by atoms with Gasteiger partial charge in [-0.2, -0.15) is 5.10 Å². The molecular formula is C29H31N5O2. The number of nitrogens with zero attached hydrogens (tertiary/aromatic N) is 3. The molecule has 184 valence electrons. The Kier molecular flexibility index (Phi) is 7.80. The van der Waals surface area contributed by atoms with Crippen molar-refractivity contribution in [3.63, 3.8) is 0 Å². The van der Waals surface area contributed by atoms with Crippen LogP contribution >= 0.6 is 0 Å². The highest BCUT2D eigenvalue weighted by atomic mass is 16.2. The van der Waals surface area contributed by atoms with Gasteiger partial charge >= 0.3 is 6.03 Å². The number of para-hydroxylation sites is 1. The third-order valence-electron chi connectivity index (χ3n) is 5.86. The Morgan fingerprint density at radius 1 is 0.889 bits per heavy atom. The van der Waals surface area contributed by atoms with E-state index in [0.29, 0.717) is 11.5 Å². The molecule has 0 bridgehead atoms. The number of carbonyl (C=O) groups excluding carboxylic acids is 2. The summed E-state index contributed by atoms with van der Waals surface area (Å²) in [6.07, 6.45) is 0.929. The van der Waals surface area contributed by atoms with E-state index in [1.54, 1.807) is 4.68 Å². The van der Waals surface area contributed by atoms with Gasteiger partial charge in [0.2, 0.25) is 5.91 Å². The minimum atomic E-state index is -0.328. The fourth-order valence-corrected chi connectivity index (χ4v) is 3.83. The lowest BCUT2D eigenvalue weighted by Gasteiger charge is -2.26. The number of aromatic nitrogens is 2. The quantitative estimate of drug-likeness (QED) is 0.325. The van der Waals surface area contributed by atoms with Crippen molar-refractivity contribution in [3.05, 3.63) is 96.6 Å². The van der Waals surface area contributed by atoms with Crippen LogP contribution < -0.4 is 10.6 Å². The first kappa shape index (κ1) is 24.7. The molecule has 2 N–H and O–H groups in total. The third kappa shape index (κ3) is 5.99. The summed E-state index contributed by atoms with van der Waals surface area (Å²) in [6, 6.07) is 28.5. The Morgan fingerprint density at radius 2 is 1.53 bits per heavy atom. The molecule has 0 aliphatic heterocycles. The molecule has 0 fully saturated rings. The SMILES string of the molecule is CCc1ccc(NC(=O)N(CC(=O)Nc2cc(-c3ccccc3)nn2-c2ccccc2)C(C)C)cc1. The Balaban J connectivity index is 1.52. The second-order valence-corrected chi connectivity index (χ2v) is 8.78. The predicted molar refractivity (Wildman–Crippen MR) is 144 cm³/mol. The van der Waals surface area contributed by atoms with Gasteiger partial charge in [-0.15, -0.1) is 0 Å². The van der Waals surface area contributed by atoms with Crippen molar-refractivity contribution in [2.24, 2.45) is 0 Å². The Morgan fingerprint density at radius 3 is 2.14 bits per heavy atom. The normalized spacial score (nSPS) is 10.8. The number of benzene rings is 3. The maximum Gasteiger partial charge on any atom is 0.322 e. The minimum Gasteiger partial charge on any atom is -0.313 e. The largest absolute Gasteiger partial charge is 0.322 e. The Labute approximate surface area is 211 Å². The van der Waals surface area contributed by atoms with Gasteiger partial charge in [0, 0.05) is 23.4 Å². The van der Waals surface area contributed by atoms with E-state index in [0.717, 1.165) is 23.4 Å². The van der Waals surface area contributed by atoms with Crippen LogP contribution in [0.1, 0.15) is 26.3 Å². The van der Waals surface area contributed by atoms with Crippen molar-refractivity contribution < 1.29 is 9.59 Å². The van der Waals surface area contributed by atoms with Crippen LogP contribution in [0.2, 0.25) is 0 Å². The van der Waals surface area contributed by atoms with Crippen molar-refractivity contribution in [2.75, 3.05) is 17.2 Å². The van der Waals surface area contributed by atoms with Gasteiger partial charge in [0.1, 0.15) is 12.4 Å². The second-order valence-electron chi connectivity index (χ2n) is 8.78. The molecule has 0 atom stereocenters. The van der Waals surface area contributed by atoms with Crippen LogP contribution in [0.15, 0.2) is 91.0 Å². The zero-order valence-corrected chi connectivity index (χ0v) is 20.8. The molecule has 4 aromatic rings. The molecule has 0 radical (unpaired) electrons. The molecule has 7 heteroatoms. The van der Waals surface area contributed by atoms with Crippen molar-refractivity contribution >= 4 is 23.4 Å². The first-order chi connectivity index (χ1) is 17.4. The smallest absolute Gasteiger partial charge is 0.313 e. The Bertz CT molecular complexity index is 1300. The summed E-state index contributed by atoms with van der Waals surface area (Å²) in [5.41, 5.74) is 4.39. The summed E-state index contributed by atoms with van der Waals surface area (Å²) in [5, 5.41) is 10.6. The molecule has 0 aliphatic carbocycles. The first-order valence-electron chi connectivity index (χ1n) is 12.1. The van der Waals surface area contributed by atoms with Crippen molar-refractivity contribution in [2.45, 2.75) is 33.2 Å². The number of anilines is 2. The van der Waals surface area contributed by atoms with Crippen LogP contribution in [-0.2, 0) is 11.2 Å². The molecular weight excluding hydrogens is 450 g/mol. The van der Waals surface area contributed by atoms with Gasteiger partial charge in [-0.05, 0) is 50.1 Å². The summed E-state index contributed by atoms with van der Waals surface area (Å²) in [5.74, 6) is 0.223. The third-order valence-corrected chi connectivity index (χ3v) is 5.86. The fourth-order valence-electron chi connectivity index (χ4n) is 3.83. The zero-order valence-electron chi connectivity index (χ0n) is 20.8. The summed E-state index contributed by atoms with van der Waals surface area (Å²) >= 11 is 0. The van der Waals surface area contributed by atoms with Crippen LogP contribution in [0.25, 0.3) is 16.9 Å². The molecule has 0 saturated carbocycles. The molecule has 1 aromatic heterocycles. The highest BCUT2D eigenvalue weighted by molar-refractivity contribution is 5.97. The van der Waals surface area contributed by atoms with Gasteiger partial charge < -0.3 is 15.5 Å². The van der Waals surface area contributed by atoms with E-state index in [1.807, 2.05) is 105 Å². The van der Waals surface area contributed by atoms with E-state index < -0.39 is 0 Å². The number of amides is 3. The zero-order chi connectivity index (χ0) is 25.5. The molecule has 7 nitrogen and oxygen atoms in total. The van der Waals surface area contributed by atoms with Gasteiger partial charge in [0.25, 0.3) is 0 Å². The maximum atomic E-state index is 13.1. The minimum absolute atomic E-state index is 0.100. The monoisotopic (exact) mass is 481 g/mol. The first-order valence-corrected chi connectivity index (χ1v) is 12.1. The number of carbonyl (C=O) groups is 2. The Hall–Kier alpha value is -4.39. The van der Waals surface area contributed by atoms with Crippen molar-refractivity contribution in [1.82, 2.24) is 14.7 Å². The maximum absolute atomic E-state index is 13.1. The molecule has 1 heterocycles. The molecule has 3 amide bonds. The summed E-state index contributed by atoms with van der Waals surface area (Å²) < 4.78 is 1.70. The van der Waals surface area contributed by atoms with Crippen molar-refractivity contribution in [1.29, 1.82) is 0 Å². The fraction of sp³-hybridized carbons (Fsp3) is 0.207. The summed E-state index contributed by atoms with van der Waals surface area (Å²) in [4.78, 5) is 27.6. The summed E-state index contributed by atoms with van der Waals surface area (Å²) in [7, 11) is 0. The molecule has 4 rings (SSSR count). The van der Waals surface area contributed by atoms with E-state index in [-0.39, 0.29) is 24.5 Å². The average molecular weight is 482 g/mol. The number of hydrogen-bond donors (Lipinski definition) is 2. The molecule has 0 unspecified atom stereocenters. The topological polar surface area (TPSA) is 79.3 Å². The lowest BCUT2D eigenvalue weighted by molar-refractivity contribution is -0.117. The van der Waals surface area contributed by atoms with Crippen molar-refractivity contribution in [3.8, 4) is 16.9 Å². The standard InChI is InChI=1S/C29H31N5O2/c1-4-22-15-17-24(18-16-22)30-29(36)33(21(2)3)20-28(35)31-27-19-26(23-11-7-5-8-12-23)32-34(27)25-13-9-6-10-14-25/h5-19,21H,4,20H2,1-3H3,(H,30,36)(H,31,35). The number of aryl methyl sites for hydroxylation is 1. The number of hydrogen-bond acceptors (Lipinski definition) is 3. The lowest BCUT2D eigenvalue weighted by Crippen LogP contribution is -2.44. The van der Waals surface area contributed by atoms with Crippen LogP contribution in [-0.4, -0.2) is 39.2 Å². The van der Waals surface area contributed by atoms with Gasteiger partial charge in [-0.25, -0.2) is 9.48 Å². The van der Waals surface area contributed by atoms with Gasteiger partial charge in [-0.3, -0.25) is 4.79 Å². The highest BCUT2D eigenvalue weighted by Gasteiger charge is 2.22. The van der Waals surface area contributed by atoms with Gasteiger partial charge in [-0.1, -0.05) is 67.6 Å². The highest BCUT2D eigenvalue weighted by Crippen LogP contribution is 2.25. The summed E-state index contributed by atoms with van der Waals surface area (Å²) in [6.45, 7) is 5.75. The van der Waals surface area contributed by atoms with Crippen LogP contribution in [0, 0.1) is 0 Å². The van der Waals surface area contributed by atoms with E-state index in [9.17, 15) is 9.59 Å². The molecule has 3 aromatic carbocycles. The second kappa shape index (κ2) is 11.4. The molecule has 0 spiro atoms. The molecule has 36 heavy (non-hydrogen) atoms. The van der Waals surface area contributed by atoms with Crippen LogP contribution in [0.4, 0.5) is 16.3 Å². The van der Waals surface area contributed by atoms with Gasteiger partial charge in [0.05, 0.1) is 11.4 Å². The lowest BCUT2D eigenvalue weighted by atomic mass is 10.1. The number of urea groups is 1. The average Bonchev–Trinajstić information content (AvgIpc) is 3.32. The number of nitrogens with one attached hydrogen (secondary N) is 2.